The third-order valence-corrected chi connectivity index (χ3v) is 11.7. The summed E-state index contributed by atoms with van der Waals surface area (Å²) in [5.74, 6) is -0.507. The molecule has 3 N–H and O–H groups in total. The maximum atomic E-state index is 13.1. The van der Waals surface area contributed by atoms with Crippen LogP contribution in [0.25, 0.3) is 0 Å². The quantitative estimate of drug-likeness (QED) is 0.0322. The van der Waals surface area contributed by atoms with Crippen LogP contribution in [-0.2, 0) is 14.3 Å². The Morgan fingerprint density at radius 3 is 1.30 bits per heavy atom. The Hall–Kier alpha value is -2.18. The zero-order valence-electron chi connectivity index (χ0n) is 39.8. The molecule has 0 saturated carbocycles. The fraction of sp³-hybridized carbons (Fsp3) is 0.815. The molecule has 0 heterocycles. The zero-order chi connectivity index (χ0) is 43.8. The van der Waals surface area contributed by atoms with Crippen molar-refractivity contribution in [2.24, 2.45) is 0 Å². The van der Waals surface area contributed by atoms with Gasteiger partial charge in [-0.05, 0) is 70.6 Å². The Kier molecular flexibility index (Phi) is 46.1. The van der Waals surface area contributed by atoms with Gasteiger partial charge in [0.15, 0.2) is 0 Å². The van der Waals surface area contributed by atoms with E-state index in [1.165, 1.54) is 128 Å². The van der Waals surface area contributed by atoms with Crippen molar-refractivity contribution in [3.63, 3.8) is 0 Å². The second kappa shape index (κ2) is 47.9. The van der Waals surface area contributed by atoms with Crippen LogP contribution in [0, 0.1) is 0 Å². The van der Waals surface area contributed by atoms with Gasteiger partial charge in [-0.15, -0.1) is 0 Å². The molecule has 0 spiro atoms. The first-order valence-corrected chi connectivity index (χ1v) is 25.9. The fourth-order valence-electron chi connectivity index (χ4n) is 7.71. The number of esters is 1. The lowest BCUT2D eigenvalue weighted by Crippen LogP contribution is -2.46. The largest absolute Gasteiger partial charge is 0.462 e. The molecule has 0 aromatic carbocycles. The maximum absolute atomic E-state index is 13.1. The Bertz CT molecular complexity index is 1040. The van der Waals surface area contributed by atoms with E-state index < -0.39 is 18.2 Å². The average Bonchev–Trinajstić information content (AvgIpc) is 3.24. The van der Waals surface area contributed by atoms with Crippen LogP contribution < -0.4 is 5.32 Å². The Morgan fingerprint density at radius 1 is 0.483 bits per heavy atom. The van der Waals surface area contributed by atoms with Gasteiger partial charge in [-0.1, -0.05) is 223 Å². The number of ether oxygens (including phenoxy) is 1. The molecule has 0 saturated heterocycles. The number of nitrogens with one attached hydrogen (secondary N) is 1. The molecule has 0 fully saturated rings. The first-order valence-electron chi connectivity index (χ1n) is 25.9. The normalized spacial score (nSPS) is 13.6. The van der Waals surface area contributed by atoms with Gasteiger partial charge >= 0.3 is 5.97 Å². The van der Waals surface area contributed by atoms with Crippen LogP contribution in [0.5, 0.6) is 0 Å². The van der Waals surface area contributed by atoms with Crippen LogP contribution in [0.2, 0.25) is 0 Å². The number of carbonyl (C=O) groups is 2. The molecule has 0 aromatic heterocycles. The number of allylic oxidation sites excluding steroid dienone is 8. The number of amides is 1. The van der Waals surface area contributed by atoms with Gasteiger partial charge in [-0.25, -0.2) is 0 Å². The van der Waals surface area contributed by atoms with Crippen LogP contribution in [0.15, 0.2) is 48.6 Å². The van der Waals surface area contributed by atoms with E-state index in [1.54, 1.807) is 0 Å². The van der Waals surface area contributed by atoms with Crippen molar-refractivity contribution in [3.8, 4) is 0 Å². The van der Waals surface area contributed by atoms with Crippen LogP contribution in [0.4, 0.5) is 0 Å². The Morgan fingerprint density at radius 2 is 0.850 bits per heavy atom. The van der Waals surface area contributed by atoms with Crippen LogP contribution in [0.1, 0.15) is 258 Å². The van der Waals surface area contributed by atoms with Gasteiger partial charge in [0.1, 0.15) is 6.10 Å². The molecule has 6 heteroatoms. The van der Waals surface area contributed by atoms with Gasteiger partial charge in [0, 0.05) is 6.42 Å². The number of aliphatic hydroxyl groups excluding tert-OH is 2. The second-order valence-corrected chi connectivity index (χ2v) is 17.6. The van der Waals surface area contributed by atoms with E-state index in [9.17, 15) is 19.8 Å². The summed E-state index contributed by atoms with van der Waals surface area (Å²) in [7, 11) is 0. The number of hydrogen-bond donors (Lipinski definition) is 3. The number of unbranched alkanes of at least 4 members (excludes halogenated alkanes) is 26. The molecule has 6 nitrogen and oxygen atoms in total. The van der Waals surface area contributed by atoms with Crippen LogP contribution in [-0.4, -0.2) is 46.9 Å². The SMILES string of the molecule is CCCCC/C=C\C/C=C\C/C=C\C/C=C\CCCCCC(=O)OC(CCCCCCCCCC)CC(=O)NC(CO)C(O)CCCCCCCCCCCCCCCC. The minimum Gasteiger partial charge on any atom is -0.462 e. The van der Waals surface area contributed by atoms with Gasteiger partial charge in [-0.2, -0.15) is 0 Å². The highest BCUT2D eigenvalue weighted by molar-refractivity contribution is 5.77. The first-order chi connectivity index (χ1) is 29.5. The van der Waals surface area contributed by atoms with E-state index in [1.807, 2.05) is 0 Å². The molecule has 0 aliphatic rings. The molecule has 0 radical (unpaired) electrons. The van der Waals surface area contributed by atoms with Gasteiger partial charge in [-0.3, -0.25) is 9.59 Å². The number of carbonyl (C=O) groups excluding carboxylic acids is 2. The van der Waals surface area contributed by atoms with Gasteiger partial charge < -0.3 is 20.3 Å². The lowest BCUT2D eigenvalue weighted by atomic mass is 10.0. The monoisotopic (exact) mass is 842 g/mol. The summed E-state index contributed by atoms with van der Waals surface area (Å²) in [4.78, 5) is 26.0. The van der Waals surface area contributed by atoms with Crippen LogP contribution >= 0.6 is 0 Å². The molecule has 0 bridgehead atoms. The topological polar surface area (TPSA) is 95.9 Å². The number of aliphatic hydroxyl groups is 2. The van der Waals surface area contributed by atoms with Crippen molar-refractivity contribution in [1.82, 2.24) is 5.32 Å². The smallest absolute Gasteiger partial charge is 0.306 e. The molecule has 0 rings (SSSR count). The molecule has 3 atom stereocenters. The first kappa shape index (κ1) is 57.8. The fourth-order valence-corrected chi connectivity index (χ4v) is 7.71. The minimum atomic E-state index is -0.791. The molecule has 0 aliphatic heterocycles. The minimum absolute atomic E-state index is 0.0659. The van der Waals surface area contributed by atoms with Gasteiger partial charge in [0.05, 0.1) is 25.2 Å². The van der Waals surface area contributed by atoms with Crippen molar-refractivity contribution >= 4 is 11.9 Å². The molecule has 60 heavy (non-hydrogen) atoms. The summed E-state index contributed by atoms with van der Waals surface area (Å²) in [6.07, 6.45) is 57.5. The Labute approximate surface area is 372 Å². The highest BCUT2D eigenvalue weighted by atomic mass is 16.5. The zero-order valence-corrected chi connectivity index (χ0v) is 39.8. The summed E-state index contributed by atoms with van der Waals surface area (Å²) in [6, 6.07) is -0.705. The van der Waals surface area contributed by atoms with E-state index in [0.29, 0.717) is 19.3 Å². The van der Waals surface area contributed by atoms with E-state index in [0.717, 1.165) is 83.5 Å². The van der Waals surface area contributed by atoms with Crippen molar-refractivity contribution in [2.75, 3.05) is 6.61 Å². The predicted octanol–water partition coefficient (Wildman–Crippen LogP) is 15.5. The predicted molar refractivity (Wildman–Crippen MR) is 259 cm³/mol. The Balaban J connectivity index is 4.46. The average molecular weight is 842 g/mol. The molecule has 3 unspecified atom stereocenters. The van der Waals surface area contributed by atoms with E-state index >= 15 is 0 Å². The van der Waals surface area contributed by atoms with Crippen molar-refractivity contribution < 1.29 is 24.5 Å². The van der Waals surface area contributed by atoms with Crippen molar-refractivity contribution in [3.05, 3.63) is 48.6 Å². The third kappa shape index (κ3) is 42.5. The lowest BCUT2D eigenvalue weighted by molar-refractivity contribution is -0.151. The summed E-state index contributed by atoms with van der Waals surface area (Å²) in [5, 5.41) is 23.7. The van der Waals surface area contributed by atoms with Crippen molar-refractivity contribution in [2.45, 2.75) is 277 Å². The highest BCUT2D eigenvalue weighted by Gasteiger charge is 2.24. The lowest BCUT2D eigenvalue weighted by Gasteiger charge is -2.24. The standard InChI is InChI=1S/C54H99NO5/c1-4-7-10-13-16-19-21-23-25-26-27-28-29-31-33-35-38-41-44-47-54(59)60-50(45-42-39-36-18-15-12-9-6-3)48-53(58)55-51(49-56)52(57)46-43-40-37-34-32-30-24-22-20-17-14-11-8-5-2/h16,19,23,25,27-28,31,33,50-52,56-57H,4-15,17-18,20-22,24,26,29-30,32,34-49H2,1-3H3,(H,55,58)/b19-16-,25-23-,28-27-,33-31-. The van der Waals surface area contributed by atoms with E-state index in [-0.39, 0.29) is 24.9 Å². The van der Waals surface area contributed by atoms with Gasteiger partial charge in [0.25, 0.3) is 0 Å². The van der Waals surface area contributed by atoms with Gasteiger partial charge in [0.2, 0.25) is 5.91 Å². The van der Waals surface area contributed by atoms with E-state index in [4.69, 9.17) is 4.74 Å². The van der Waals surface area contributed by atoms with Crippen molar-refractivity contribution in [1.29, 1.82) is 0 Å². The molecular weight excluding hydrogens is 743 g/mol. The number of hydrogen-bond acceptors (Lipinski definition) is 5. The molecule has 1 amide bonds. The second-order valence-electron chi connectivity index (χ2n) is 17.6. The highest BCUT2D eigenvalue weighted by Crippen LogP contribution is 2.18. The number of rotatable bonds is 46. The summed E-state index contributed by atoms with van der Waals surface area (Å²) in [6.45, 7) is 6.43. The summed E-state index contributed by atoms with van der Waals surface area (Å²) >= 11 is 0. The summed E-state index contributed by atoms with van der Waals surface area (Å²) in [5.41, 5.74) is 0. The molecule has 0 aliphatic carbocycles. The van der Waals surface area contributed by atoms with Crippen LogP contribution in [0.3, 0.4) is 0 Å². The molecule has 350 valence electrons. The third-order valence-electron chi connectivity index (χ3n) is 11.7. The maximum Gasteiger partial charge on any atom is 0.306 e. The van der Waals surface area contributed by atoms with E-state index in [2.05, 4.69) is 74.7 Å². The molecular formula is C54H99NO5. The summed E-state index contributed by atoms with van der Waals surface area (Å²) < 4.78 is 5.90. The molecule has 0 aromatic rings.